The Balaban J connectivity index is 2.47. The van der Waals surface area contributed by atoms with E-state index >= 15 is 0 Å². The number of halogens is 1. The monoisotopic (exact) mass is 253 g/mol. The molecule has 1 atom stereocenters. The smallest absolute Gasteiger partial charge is 0.0213 e. The molecule has 1 aliphatic heterocycles. The van der Waals surface area contributed by atoms with Gasteiger partial charge in [0.05, 0.1) is 0 Å². The second kappa shape index (κ2) is 4.03. The van der Waals surface area contributed by atoms with Crippen molar-refractivity contribution in [1.29, 1.82) is 0 Å². The van der Waals surface area contributed by atoms with E-state index in [9.17, 15) is 0 Å². The van der Waals surface area contributed by atoms with E-state index < -0.39 is 0 Å². The van der Waals surface area contributed by atoms with Gasteiger partial charge in [0, 0.05) is 23.5 Å². The molecule has 14 heavy (non-hydrogen) atoms. The molecule has 0 bridgehead atoms. The summed E-state index contributed by atoms with van der Waals surface area (Å²) in [5.41, 5.74) is 2.96. The highest BCUT2D eigenvalue weighted by atomic mass is 79.9. The molecule has 0 saturated carbocycles. The highest BCUT2D eigenvalue weighted by Gasteiger charge is 2.24. The lowest BCUT2D eigenvalue weighted by molar-refractivity contribution is 0.434. The van der Waals surface area contributed by atoms with E-state index in [-0.39, 0.29) is 0 Å². The molecule has 1 N–H and O–H groups in total. The van der Waals surface area contributed by atoms with Crippen LogP contribution in [0.3, 0.4) is 0 Å². The lowest BCUT2D eigenvalue weighted by Gasteiger charge is -2.30. The Kier molecular flexibility index (Phi) is 2.93. The molecule has 0 saturated heterocycles. The topological polar surface area (TPSA) is 12.0 Å². The maximum Gasteiger partial charge on any atom is 0.0213 e. The molecule has 76 valence electrons. The van der Waals surface area contributed by atoms with Crippen LogP contribution >= 0.6 is 15.9 Å². The molecule has 0 aliphatic carbocycles. The van der Waals surface area contributed by atoms with Crippen molar-refractivity contribution in [3.05, 3.63) is 33.8 Å². The molecule has 0 radical (unpaired) electrons. The molecule has 1 aromatic carbocycles. The molecular weight excluding hydrogens is 238 g/mol. The zero-order valence-corrected chi connectivity index (χ0v) is 10.3. The summed E-state index contributed by atoms with van der Waals surface area (Å²) in [5.74, 6) is 1.34. The van der Waals surface area contributed by atoms with Gasteiger partial charge in [0.1, 0.15) is 0 Å². The van der Waals surface area contributed by atoms with Gasteiger partial charge in [-0.25, -0.2) is 0 Å². The number of hydrogen-bond donors (Lipinski definition) is 1. The lowest BCUT2D eigenvalue weighted by Crippen LogP contribution is -2.31. The summed E-state index contributed by atoms with van der Waals surface area (Å²) in [6.07, 6.45) is 0. The van der Waals surface area contributed by atoms with Crippen LogP contribution in [0.25, 0.3) is 0 Å². The van der Waals surface area contributed by atoms with E-state index in [0.717, 1.165) is 13.1 Å². The van der Waals surface area contributed by atoms with Crippen LogP contribution in [0.15, 0.2) is 22.7 Å². The summed E-state index contributed by atoms with van der Waals surface area (Å²) in [4.78, 5) is 0. The summed E-state index contributed by atoms with van der Waals surface area (Å²) in [7, 11) is 0. The van der Waals surface area contributed by atoms with Gasteiger partial charge in [-0.2, -0.15) is 0 Å². The van der Waals surface area contributed by atoms with E-state index in [0.29, 0.717) is 11.8 Å². The van der Waals surface area contributed by atoms with Crippen molar-refractivity contribution in [2.24, 2.45) is 5.92 Å². The van der Waals surface area contributed by atoms with Crippen LogP contribution in [-0.2, 0) is 6.54 Å². The SMILES string of the molecule is CC(C)C1CNCc2cccc(Br)c21. The summed E-state index contributed by atoms with van der Waals surface area (Å²) in [6, 6.07) is 6.49. The first kappa shape index (κ1) is 10.2. The minimum atomic E-state index is 0.648. The van der Waals surface area contributed by atoms with Gasteiger partial charge in [-0.3, -0.25) is 0 Å². The van der Waals surface area contributed by atoms with Crippen molar-refractivity contribution in [3.63, 3.8) is 0 Å². The fraction of sp³-hybridized carbons (Fsp3) is 0.500. The molecule has 0 spiro atoms. The van der Waals surface area contributed by atoms with Gasteiger partial charge < -0.3 is 5.32 Å². The Morgan fingerprint density at radius 2 is 2.21 bits per heavy atom. The molecule has 1 aliphatic rings. The number of rotatable bonds is 1. The fourth-order valence-corrected chi connectivity index (χ4v) is 2.89. The van der Waals surface area contributed by atoms with Crippen LogP contribution in [0.4, 0.5) is 0 Å². The highest BCUT2D eigenvalue weighted by Crippen LogP contribution is 2.35. The van der Waals surface area contributed by atoms with Crippen molar-refractivity contribution >= 4 is 15.9 Å². The molecule has 0 aromatic heterocycles. The second-order valence-corrected chi connectivity index (χ2v) is 5.15. The maximum atomic E-state index is 3.66. The number of nitrogens with one attached hydrogen (secondary N) is 1. The van der Waals surface area contributed by atoms with Gasteiger partial charge in [-0.1, -0.05) is 41.9 Å². The van der Waals surface area contributed by atoms with Crippen LogP contribution in [-0.4, -0.2) is 6.54 Å². The molecule has 1 unspecified atom stereocenters. The largest absolute Gasteiger partial charge is 0.312 e. The van der Waals surface area contributed by atoms with Crippen LogP contribution in [0, 0.1) is 5.92 Å². The third-order valence-electron chi connectivity index (χ3n) is 3.00. The Labute approximate surface area is 94.0 Å². The van der Waals surface area contributed by atoms with Crippen molar-refractivity contribution < 1.29 is 0 Å². The minimum Gasteiger partial charge on any atom is -0.312 e. The molecule has 0 fully saturated rings. The molecule has 2 heteroatoms. The maximum absolute atomic E-state index is 3.66. The van der Waals surface area contributed by atoms with Crippen molar-refractivity contribution in [2.75, 3.05) is 6.54 Å². The average Bonchev–Trinajstić information content (AvgIpc) is 2.17. The zero-order chi connectivity index (χ0) is 10.1. The summed E-state index contributed by atoms with van der Waals surface area (Å²) >= 11 is 3.66. The third kappa shape index (κ3) is 1.73. The van der Waals surface area contributed by atoms with Crippen molar-refractivity contribution in [1.82, 2.24) is 5.32 Å². The lowest BCUT2D eigenvalue weighted by atomic mass is 9.83. The molecule has 1 heterocycles. The minimum absolute atomic E-state index is 0.648. The third-order valence-corrected chi connectivity index (χ3v) is 3.69. The van der Waals surface area contributed by atoms with E-state index in [1.807, 2.05) is 0 Å². The van der Waals surface area contributed by atoms with Gasteiger partial charge in [0.2, 0.25) is 0 Å². The summed E-state index contributed by atoms with van der Waals surface area (Å²) in [6.45, 7) is 6.70. The van der Waals surface area contributed by atoms with Gasteiger partial charge >= 0.3 is 0 Å². The van der Waals surface area contributed by atoms with Crippen LogP contribution < -0.4 is 5.32 Å². The second-order valence-electron chi connectivity index (χ2n) is 4.29. The van der Waals surface area contributed by atoms with E-state index in [4.69, 9.17) is 0 Å². The fourth-order valence-electron chi connectivity index (χ4n) is 2.18. The molecule has 2 rings (SSSR count). The van der Waals surface area contributed by atoms with E-state index in [1.165, 1.54) is 15.6 Å². The predicted molar refractivity (Wildman–Crippen MR) is 63.4 cm³/mol. The molecular formula is C12H16BrN. The summed E-state index contributed by atoms with van der Waals surface area (Å²) in [5, 5.41) is 3.48. The Bertz CT molecular complexity index is 333. The number of hydrogen-bond acceptors (Lipinski definition) is 1. The highest BCUT2D eigenvalue weighted by molar-refractivity contribution is 9.10. The quantitative estimate of drug-likeness (QED) is 0.810. The standard InChI is InChI=1S/C12H16BrN/c1-8(2)10-7-14-6-9-4-3-5-11(13)12(9)10/h3-5,8,10,14H,6-7H2,1-2H3. The molecule has 0 amide bonds. The Hall–Kier alpha value is -0.340. The van der Waals surface area contributed by atoms with Crippen LogP contribution in [0.1, 0.15) is 30.9 Å². The van der Waals surface area contributed by atoms with Gasteiger partial charge in [0.25, 0.3) is 0 Å². The molecule has 1 aromatic rings. The Morgan fingerprint density at radius 1 is 1.43 bits per heavy atom. The average molecular weight is 254 g/mol. The van der Waals surface area contributed by atoms with Crippen molar-refractivity contribution in [3.8, 4) is 0 Å². The first-order valence-electron chi connectivity index (χ1n) is 5.18. The van der Waals surface area contributed by atoms with E-state index in [2.05, 4.69) is 53.3 Å². The number of benzene rings is 1. The van der Waals surface area contributed by atoms with Gasteiger partial charge in [0.15, 0.2) is 0 Å². The van der Waals surface area contributed by atoms with Gasteiger partial charge in [-0.05, 0) is 23.1 Å². The predicted octanol–water partition coefficient (Wildman–Crippen LogP) is 3.29. The first-order chi connectivity index (χ1) is 6.70. The van der Waals surface area contributed by atoms with Crippen LogP contribution in [0.2, 0.25) is 0 Å². The first-order valence-corrected chi connectivity index (χ1v) is 5.97. The van der Waals surface area contributed by atoms with E-state index in [1.54, 1.807) is 0 Å². The molecule has 1 nitrogen and oxygen atoms in total. The van der Waals surface area contributed by atoms with Gasteiger partial charge in [-0.15, -0.1) is 0 Å². The summed E-state index contributed by atoms with van der Waals surface area (Å²) < 4.78 is 1.27. The van der Waals surface area contributed by atoms with Crippen molar-refractivity contribution in [2.45, 2.75) is 26.3 Å². The normalized spacial score (nSPS) is 21.0. The Morgan fingerprint density at radius 3 is 2.93 bits per heavy atom. The zero-order valence-electron chi connectivity index (χ0n) is 8.68. The van der Waals surface area contributed by atoms with Crippen LogP contribution in [0.5, 0.6) is 0 Å². The number of fused-ring (bicyclic) bond motifs is 1.